The summed E-state index contributed by atoms with van der Waals surface area (Å²) < 4.78 is 13.0. The van der Waals surface area contributed by atoms with Crippen LogP contribution in [-0.4, -0.2) is 15.0 Å². The predicted molar refractivity (Wildman–Crippen MR) is 49.2 cm³/mol. The molecule has 1 aromatic carbocycles. The van der Waals surface area contributed by atoms with E-state index in [0.29, 0.717) is 12.2 Å². The molecule has 14 heavy (non-hydrogen) atoms. The predicted octanol–water partition coefficient (Wildman–Crippen LogP) is 0.865. The van der Waals surface area contributed by atoms with E-state index >= 15 is 0 Å². The van der Waals surface area contributed by atoms with Crippen molar-refractivity contribution >= 4 is 0 Å². The number of nitrogens with two attached hydrogens (primary N) is 1. The van der Waals surface area contributed by atoms with Gasteiger partial charge in [-0.05, 0) is 11.6 Å². The first-order valence-corrected chi connectivity index (χ1v) is 4.16. The van der Waals surface area contributed by atoms with Crippen molar-refractivity contribution in [3.63, 3.8) is 0 Å². The Labute approximate surface area is 80.2 Å². The molecular weight excluding hydrogens is 183 g/mol. The second-order valence-electron chi connectivity index (χ2n) is 2.80. The number of halogens is 1. The summed E-state index contributed by atoms with van der Waals surface area (Å²) in [5.74, 6) is -0.325. The maximum atomic E-state index is 13.0. The van der Waals surface area contributed by atoms with E-state index < -0.39 is 0 Å². The molecule has 1 aromatic heterocycles. The van der Waals surface area contributed by atoms with Crippen LogP contribution in [0.2, 0.25) is 0 Å². The van der Waals surface area contributed by atoms with Crippen molar-refractivity contribution in [2.45, 2.75) is 6.54 Å². The molecule has 2 N–H and O–H groups in total. The van der Waals surface area contributed by atoms with Gasteiger partial charge in [-0.15, -0.1) is 0 Å². The van der Waals surface area contributed by atoms with Gasteiger partial charge in [-0.3, -0.25) is 0 Å². The largest absolute Gasteiger partial charge is 0.326 e. The quantitative estimate of drug-likeness (QED) is 0.767. The van der Waals surface area contributed by atoms with Gasteiger partial charge < -0.3 is 5.73 Å². The van der Waals surface area contributed by atoms with Crippen molar-refractivity contribution in [1.29, 1.82) is 0 Å². The third-order valence-corrected chi connectivity index (χ3v) is 1.90. The minimum absolute atomic E-state index is 0.325. The lowest BCUT2D eigenvalue weighted by Gasteiger charge is -2.05. The Hall–Kier alpha value is -1.75. The highest BCUT2D eigenvalue weighted by Crippen LogP contribution is 2.13. The van der Waals surface area contributed by atoms with E-state index in [9.17, 15) is 4.39 Å². The maximum absolute atomic E-state index is 13.0. The summed E-state index contributed by atoms with van der Waals surface area (Å²) in [4.78, 5) is 1.35. The first-order valence-electron chi connectivity index (χ1n) is 4.16. The van der Waals surface area contributed by atoms with Gasteiger partial charge in [0.1, 0.15) is 5.82 Å². The Bertz CT molecular complexity index is 424. The standard InChI is InChI=1S/C9H9FN4/c10-8-2-1-7(6-11)9(5-8)14-12-3-4-13-14/h1-5H,6,11H2. The van der Waals surface area contributed by atoms with Crippen LogP contribution in [0.15, 0.2) is 30.6 Å². The normalized spacial score (nSPS) is 10.4. The molecule has 0 spiro atoms. The fraction of sp³-hybridized carbons (Fsp3) is 0.111. The molecule has 72 valence electrons. The van der Waals surface area contributed by atoms with Gasteiger partial charge in [0.15, 0.2) is 0 Å². The molecule has 0 aliphatic heterocycles. The van der Waals surface area contributed by atoms with Crippen LogP contribution in [0.5, 0.6) is 0 Å². The molecule has 0 aliphatic carbocycles. The van der Waals surface area contributed by atoms with Crippen LogP contribution in [0, 0.1) is 5.82 Å². The van der Waals surface area contributed by atoms with E-state index in [4.69, 9.17) is 5.73 Å². The van der Waals surface area contributed by atoms with E-state index in [0.717, 1.165) is 5.56 Å². The lowest BCUT2D eigenvalue weighted by molar-refractivity contribution is 0.620. The number of nitrogens with zero attached hydrogens (tertiary/aromatic N) is 3. The maximum Gasteiger partial charge on any atom is 0.125 e. The molecule has 0 saturated carbocycles. The molecule has 0 radical (unpaired) electrons. The van der Waals surface area contributed by atoms with Crippen LogP contribution in [0.4, 0.5) is 4.39 Å². The highest BCUT2D eigenvalue weighted by molar-refractivity contribution is 5.39. The van der Waals surface area contributed by atoms with Crippen molar-refractivity contribution < 1.29 is 4.39 Å². The van der Waals surface area contributed by atoms with Crippen LogP contribution in [0.3, 0.4) is 0 Å². The molecule has 2 aromatic rings. The highest BCUT2D eigenvalue weighted by Gasteiger charge is 2.05. The van der Waals surface area contributed by atoms with Crippen LogP contribution >= 0.6 is 0 Å². The topological polar surface area (TPSA) is 56.7 Å². The molecular formula is C9H9FN4. The SMILES string of the molecule is NCc1ccc(F)cc1-n1nccn1. The van der Waals surface area contributed by atoms with Crippen LogP contribution in [-0.2, 0) is 6.54 Å². The van der Waals surface area contributed by atoms with Crippen molar-refractivity contribution in [3.8, 4) is 5.69 Å². The molecule has 0 fully saturated rings. The third-order valence-electron chi connectivity index (χ3n) is 1.90. The molecule has 5 heteroatoms. The minimum atomic E-state index is -0.325. The fourth-order valence-corrected chi connectivity index (χ4v) is 1.24. The Balaban J connectivity index is 2.55. The van der Waals surface area contributed by atoms with E-state index in [1.54, 1.807) is 6.07 Å². The first kappa shape index (κ1) is 8.83. The lowest BCUT2D eigenvalue weighted by atomic mass is 10.2. The average molecular weight is 192 g/mol. The van der Waals surface area contributed by atoms with Crippen molar-refractivity contribution in [1.82, 2.24) is 15.0 Å². The number of aromatic nitrogens is 3. The van der Waals surface area contributed by atoms with Gasteiger partial charge in [0.25, 0.3) is 0 Å². The second-order valence-corrected chi connectivity index (χ2v) is 2.80. The summed E-state index contributed by atoms with van der Waals surface area (Å²) in [6.07, 6.45) is 3.07. The van der Waals surface area contributed by atoms with Crippen molar-refractivity contribution in [2.75, 3.05) is 0 Å². The molecule has 2 rings (SSSR count). The minimum Gasteiger partial charge on any atom is -0.326 e. The van der Waals surface area contributed by atoms with E-state index in [-0.39, 0.29) is 5.82 Å². The van der Waals surface area contributed by atoms with Gasteiger partial charge in [-0.1, -0.05) is 6.07 Å². The second kappa shape index (κ2) is 3.55. The molecule has 0 amide bonds. The zero-order valence-electron chi connectivity index (χ0n) is 7.39. The van der Waals surface area contributed by atoms with Gasteiger partial charge in [-0.2, -0.15) is 15.0 Å². The summed E-state index contributed by atoms with van der Waals surface area (Å²) in [5, 5.41) is 7.84. The summed E-state index contributed by atoms with van der Waals surface area (Å²) in [5.41, 5.74) is 6.90. The summed E-state index contributed by atoms with van der Waals surface area (Å²) >= 11 is 0. The molecule has 1 heterocycles. The molecule has 0 atom stereocenters. The molecule has 0 bridgehead atoms. The van der Waals surface area contributed by atoms with E-state index in [2.05, 4.69) is 10.2 Å². The molecule has 0 aliphatic rings. The Morgan fingerprint density at radius 1 is 1.29 bits per heavy atom. The van der Waals surface area contributed by atoms with E-state index in [1.165, 1.54) is 29.3 Å². The lowest BCUT2D eigenvalue weighted by Crippen LogP contribution is -2.07. The zero-order valence-corrected chi connectivity index (χ0v) is 7.39. The number of rotatable bonds is 2. The van der Waals surface area contributed by atoms with Gasteiger partial charge in [0.05, 0.1) is 18.1 Å². The number of hydrogen-bond donors (Lipinski definition) is 1. The Morgan fingerprint density at radius 2 is 2.00 bits per heavy atom. The van der Waals surface area contributed by atoms with Gasteiger partial charge in [0, 0.05) is 12.6 Å². The highest BCUT2D eigenvalue weighted by atomic mass is 19.1. The first-order chi connectivity index (χ1) is 6.81. The molecule has 0 unspecified atom stereocenters. The van der Waals surface area contributed by atoms with Crippen molar-refractivity contribution in [2.24, 2.45) is 5.73 Å². The monoisotopic (exact) mass is 192 g/mol. The van der Waals surface area contributed by atoms with Crippen LogP contribution in [0.25, 0.3) is 5.69 Å². The Kier molecular flexibility index (Phi) is 2.24. The number of hydrogen-bond acceptors (Lipinski definition) is 3. The van der Waals surface area contributed by atoms with Gasteiger partial charge in [0.2, 0.25) is 0 Å². The molecule has 0 saturated heterocycles. The molecule has 4 nitrogen and oxygen atoms in total. The third kappa shape index (κ3) is 1.49. The van der Waals surface area contributed by atoms with Crippen molar-refractivity contribution in [3.05, 3.63) is 42.0 Å². The zero-order chi connectivity index (χ0) is 9.97. The summed E-state index contributed by atoms with van der Waals surface area (Å²) in [7, 11) is 0. The smallest absolute Gasteiger partial charge is 0.125 e. The van der Waals surface area contributed by atoms with Gasteiger partial charge in [-0.25, -0.2) is 4.39 Å². The summed E-state index contributed by atoms with van der Waals surface area (Å²) in [6.45, 7) is 0.331. The Morgan fingerprint density at radius 3 is 2.64 bits per heavy atom. The fourth-order valence-electron chi connectivity index (χ4n) is 1.24. The average Bonchev–Trinajstić information content (AvgIpc) is 2.70. The van der Waals surface area contributed by atoms with Crippen LogP contribution < -0.4 is 5.73 Å². The van der Waals surface area contributed by atoms with Gasteiger partial charge >= 0.3 is 0 Å². The van der Waals surface area contributed by atoms with Crippen LogP contribution in [0.1, 0.15) is 5.56 Å². The number of benzene rings is 1. The van der Waals surface area contributed by atoms with E-state index in [1.807, 2.05) is 0 Å². The summed E-state index contributed by atoms with van der Waals surface area (Å²) in [6, 6.07) is 4.37.